The van der Waals surface area contributed by atoms with Crippen LogP contribution < -0.4 is 0 Å². The molecule has 134 valence electrons. The second kappa shape index (κ2) is 7.33. The number of pyridine rings is 1. The van der Waals surface area contributed by atoms with E-state index in [-0.39, 0.29) is 0 Å². The number of nitrogens with zero attached hydrogens (tertiary/aromatic N) is 3. The molecule has 0 saturated heterocycles. The minimum atomic E-state index is 0.639. The quantitative estimate of drug-likeness (QED) is 0.389. The molecular formula is C22H19N3O2. The third-order valence-electron chi connectivity index (χ3n) is 4.37. The van der Waals surface area contributed by atoms with Crippen LogP contribution in [0.4, 0.5) is 0 Å². The van der Waals surface area contributed by atoms with Gasteiger partial charge < -0.3 is 9.47 Å². The summed E-state index contributed by atoms with van der Waals surface area (Å²) in [6, 6.07) is 21.7. The molecule has 2 aromatic carbocycles. The molecule has 0 N–H and O–H groups in total. The van der Waals surface area contributed by atoms with Crippen LogP contribution in [0.5, 0.6) is 0 Å². The Kier molecular flexibility index (Phi) is 4.58. The average Bonchev–Trinajstić information content (AvgIpc) is 3.18. The molecule has 5 nitrogen and oxygen atoms in total. The summed E-state index contributed by atoms with van der Waals surface area (Å²) in [5.41, 5.74) is 3.58. The zero-order valence-electron chi connectivity index (χ0n) is 15.2. The van der Waals surface area contributed by atoms with Crippen LogP contribution in [0.1, 0.15) is 11.1 Å². The van der Waals surface area contributed by atoms with Crippen molar-refractivity contribution >= 4 is 22.6 Å². The van der Waals surface area contributed by atoms with Crippen molar-refractivity contribution in [1.82, 2.24) is 14.5 Å². The first-order chi connectivity index (χ1) is 13.3. The van der Waals surface area contributed by atoms with Gasteiger partial charge in [-0.2, -0.15) is 0 Å². The van der Waals surface area contributed by atoms with Gasteiger partial charge in [-0.15, -0.1) is 0 Å². The summed E-state index contributed by atoms with van der Waals surface area (Å²) in [6.07, 6.45) is 3.54. The van der Waals surface area contributed by atoms with Crippen LogP contribution >= 0.6 is 0 Å². The number of methoxy groups -OCH3 is 2. The summed E-state index contributed by atoms with van der Waals surface area (Å²) < 4.78 is 13.4. The lowest BCUT2D eigenvalue weighted by atomic mass is 10.1. The second-order valence-corrected chi connectivity index (χ2v) is 5.91. The molecule has 4 rings (SSSR count). The monoisotopic (exact) mass is 357 g/mol. The van der Waals surface area contributed by atoms with Crippen molar-refractivity contribution < 1.29 is 9.47 Å². The van der Waals surface area contributed by atoms with Crippen molar-refractivity contribution in [3.63, 3.8) is 0 Å². The Morgan fingerprint density at radius 1 is 0.778 bits per heavy atom. The van der Waals surface area contributed by atoms with Crippen LogP contribution in [-0.4, -0.2) is 28.8 Å². The van der Waals surface area contributed by atoms with E-state index in [0.29, 0.717) is 11.5 Å². The van der Waals surface area contributed by atoms with Gasteiger partial charge in [0.05, 0.1) is 25.3 Å². The number of hydrogen-bond acceptors (Lipinski definition) is 4. The highest BCUT2D eigenvalue weighted by Crippen LogP contribution is 2.32. The SMILES string of the molecule is COC(=C(OC)c1cccc2c1ncn2-c1ccccn1)c1ccccc1. The maximum absolute atomic E-state index is 5.76. The molecule has 0 radical (unpaired) electrons. The van der Waals surface area contributed by atoms with Gasteiger partial charge in [-0.3, -0.25) is 4.57 Å². The number of hydrogen-bond donors (Lipinski definition) is 0. The molecule has 0 bridgehead atoms. The number of benzene rings is 2. The summed E-state index contributed by atoms with van der Waals surface area (Å²) in [5.74, 6) is 2.12. The average molecular weight is 357 g/mol. The molecule has 4 aromatic rings. The molecule has 0 unspecified atom stereocenters. The van der Waals surface area contributed by atoms with Crippen LogP contribution in [0.15, 0.2) is 79.3 Å². The molecule has 0 amide bonds. The van der Waals surface area contributed by atoms with Crippen molar-refractivity contribution in [2.75, 3.05) is 14.2 Å². The first-order valence-electron chi connectivity index (χ1n) is 8.59. The van der Waals surface area contributed by atoms with Crippen LogP contribution in [0, 0.1) is 0 Å². The maximum atomic E-state index is 5.76. The normalized spacial score (nSPS) is 11.9. The van der Waals surface area contributed by atoms with Crippen molar-refractivity contribution in [2.45, 2.75) is 0 Å². The fraction of sp³-hybridized carbons (Fsp3) is 0.0909. The van der Waals surface area contributed by atoms with E-state index in [1.807, 2.05) is 71.3 Å². The van der Waals surface area contributed by atoms with E-state index in [2.05, 4.69) is 9.97 Å². The standard InChI is InChI=1S/C22H19N3O2/c1-26-21(16-9-4-3-5-10-16)22(27-2)17-11-8-12-18-20(17)24-15-25(18)19-13-6-7-14-23-19/h3-15H,1-2H3. The Morgan fingerprint density at radius 3 is 2.26 bits per heavy atom. The molecule has 0 spiro atoms. The zero-order valence-corrected chi connectivity index (χ0v) is 15.2. The van der Waals surface area contributed by atoms with Gasteiger partial charge in [-0.1, -0.05) is 42.5 Å². The first-order valence-corrected chi connectivity index (χ1v) is 8.59. The number of fused-ring (bicyclic) bond motifs is 1. The smallest absolute Gasteiger partial charge is 0.170 e. The third-order valence-corrected chi connectivity index (χ3v) is 4.37. The van der Waals surface area contributed by atoms with Gasteiger partial charge in [-0.25, -0.2) is 9.97 Å². The van der Waals surface area contributed by atoms with Crippen molar-refractivity contribution in [3.8, 4) is 5.82 Å². The zero-order chi connectivity index (χ0) is 18.6. The lowest BCUT2D eigenvalue weighted by Crippen LogP contribution is -1.99. The Bertz CT molecular complexity index is 1090. The van der Waals surface area contributed by atoms with E-state index in [1.165, 1.54) is 0 Å². The predicted octanol–water partition coefficient (Wildman–Crippen LogP) is 4.54. The Morgan fingerprint density at radius 2 is 1.56 bits per heavy atom. The highest BCUT2D eigenvalue weighted by molar-refractivity contribution is 5.95. The van der Waals surface area contributed by atoms with Crippen LogP contribution in [0.2, 0.25) is 0 Å². The Labute approximate surface area is 157 Å². The first kappa shape index (κ1) is 16.8. The predicted molar refractivity (Wildman–Crippen MR) is 106 cm³/mol. The Hall–Kier alpha value is -3.60. The summed E-state index contributed by atoms with van der Waals surface area (Å²) in [5, 5.41) is 0. The van der Waals surface area contributed by atoms with Crippen LogP contribution in [0.25, 0.3) is 28.4 Å². The minimum Gasteiger partial charge on any atom is -0.492 e. The van der Waals surface area contributed by atoms with E-state index in [1.54, 1.807) is 26.7 Å². The molecule has 0 saturated carbocycles. The van der Waals surface area contributed by atoms with E-state index >= 15 is 0 Å². The van der Waals surface area contributed by atoms with E-state index < -0.39 is 0 Å². The van der Waals surface area contributed by atoms with E-state index in [9.17, 15) is 0 Å². The van der Waals surface area contributed by atoms with Crippen molar-refractivity contribution in [1.29, 1.82) is 0 Å². The van der Waals surface area contributed by atoms with Crippen molar-refractivity contribution in [2.24, 2.45) is 0 Å². The van der Waals surface area contributed by atoms with Gasteiger partial charge in [-0.05, 0) is 24.3 Å². The number of para-hydroxylation sites is 1. The lowest BCUT2D eigenvalue weighted by Gasteiger charge is -2.14. The number of aromatic nitrogens is 3. The van der Waals surface area contributed by atoms with E-state index in [0.717, 1.165) is 28.0 Å². The molecule has 0 fully saturated rings. The fourth-order valence-electron chi connectivity index (χ4n) is 3.16. The maximum Gasteiger partial charge on any atom is 0.170 e. The van der Waals surface area contributed by atoms with Crippen molar-refractivity contribution in [3.05, 3.63) is 90.4 Å². The van der Waals surface area contributed by atoms with Crippen LogP contribution in [0.3, 0.4) is 0 Å². The Balaban J connectivity index is 1.93. The largest absolute Gasteiger partial charge is 0.492 e. The molecule has 2 aromatic heterocycles. The van der Waals surface area contributed by atoms with Gasteiger partial charge in [0.25, 0.3) is 0 Å². The molecule has 0 atom stereocenters. The summed E-state index contributed by atoms with van der Waals surface area (Å²) in [4.78, 5) is 9.05. The van der Waals surface area contributed by atoms with Crippen LogP contribution in [-0.2, 0) is 9.47 Å². The second-order valence-electron chi connectivity index (χ2n) is 5.91. The topological polar surface area (TPSA) is 49.2 Å². The van der Waals surface area contributed by atoms with Gasteiger partial charge in [0.1, 0.15) is 12.1 Å². The molecule has 0 aliphatic rings. The number of imidazole rings is 1. The summed E-state index contributed by atoms with van der Waals surface area (Å²) in [6.45, 7) is 0. The number of ether oxygens (including phenoxy) is 2. The molecule has 0 aliphatic heterocycles. The third kappa shape index (κ3) is 3.04. The highest BCUT2D eigenvalue weighted by atomic mass is 16.5. The summed E-state index contributed by atoms with van der Waals surface area (Å²) in [7, 11) is 3.29. The molecular weight excluding hydrogens is 338 g/mol. The van der Waals surface area contributed by atoms with Gasteiger partial charge in [0.2, 0.25) is 0 Å². The molecule has 0 aliphatic carbocycles. The lowest BCUT2D eigenvalue weighted by molar-refractivity contribution is 0.328. The van der Waals surface area contributed by atoms with Gasteiger partial charge in [0.15, 0.2) is 11.5 Å². The van der Waals surface area contributed by atoms with Gasteiger partial charge in [0, 0.05) is 17.3 Å². The molecule has 2 heterocycles. The summed E-state index contributed by atoms with van der Waals surface area (Å²) >= 11 is 0. The van der Waals surface area contributed by atoms with E-state index in [4.69, 9.17) is 9.47 Å². The number of rotatable bonds is 5. The highest BCUT2D eigenvalue weighted by Gasteiger charge is 2.18. The molecule has 27 heavy (non-hydrogen) atoms. The van der Waals surface area contributed by atoms with Gasteiger partial charge >= 0.3 is 0 Å². The molecule has 5 heteroatoms. The fourth-order valence-corrected chi connectivity index (χ4v) is 3.16. The minimum absolute atomic E-state index is 0.639.